The minimum atomic E-state index is -1.26. The minimum Gasteiger partial charge on any atom is -0.479 e. The van der Waals surface area contributed by atoms with Crippen LogP contribution in [0.25, 0.3) is 0 Å². The second kappa shape index (κ2) is 5.97. The second-order valence-electron chi connectivity index (χ2n) is 3.03. The van der Waals surface area contributed by atoms with Crippen LogP contribution >= 0.6 is 0 Å². The largest absolute Gasteiger partial charge is 0.479 e. The molecule has 0 spiro atoms. The summed E-state index contributed by atoms with van der Waals surface area (Å²) in [5.74, 6) is -2.69. The monoisotopic (exact) mass is 218 g/mol. The second-order valence-corrected chi connectivity index (χ2v) is 3.03. The van der Waals surface area contributed by atoms with Crippen LogP contribution in [-0.4, -0.2) is 35.1 Å². The number of esters is 1. The number of amides is 1. The molecule has 0 bridgehead atoms. The van der Waals surface area contributed by atoms with Crippen molar-refractivity contribution in [3.05, 3.63) is 0 Å². The molecule has 86 valence electrons. The average Bonchev–Trinajstić information content (AvgIpc) is 2.13. The summed E-state index contributed by atoms with van der Waals surface area (Å²) in [6, 6.07) is -1.03. The number of hydrogen-bond acceptors (Lipinski definition) is 5. The molecule has 1 amide bonds. The molecule has 7 nitrogen and oxygen atoms in total. The fraction of sp³-hybridized carbons (Fsp3) is 0.625. The lowest BCUT2D eigenvalue weighted by atomic mass is 10.1. The molecular weight excluding hydrogens is 204 g/mol. The molecule has 1 unspecified atom stereocenters. The van der Waals surface area contributed by atoms with E-state index in [1.807, 2.05) is 0 Å². The maximum absolute atomic E-state index is 11.1. The number of hydrogen-bond donors (Lipinski definition) is 3. The first-order valence-electron chi connectivity index (χ1n) is 4.31. The zero-order chi connectivity index (χ0) is 12.0. The molecule has 0 aromatic rings. The number of primary amides is 1. The van der Waals surface area contributed by atoms with Gasteiger partial charge < -0.3 is 21.3 Å². The number of carboxylic acid groups (broad SMARTS) is 1. The van der Waals surface area contributed by atoms with E-state index in [0.717, 1.165) is 0 Å². The normalized spacial score (nSPS) is 14.0. The van der Waals surface area contributed by atoms with Crippen LogP contribution in [0.3, 0.4) is 0 Å². The summed E-state index contributed by atoms with van der Waals surface area (Å²) in [6.45, 7) is 1.21. The van der Waals surface area contributed by atoms with Crippen molar-refractivity contribution in [1.82, 2.24) is 0 Å². The number of rotatable bonds is 6. The summed E-state index contributed by atoms with van der Waals surface area (Å²) >= 11 is 0. The topological polar surface area (TPSA) is 133 Å². The number of nitrogens with two attached hydrogens (primary N) is 2. The first-order chi connectivity index (χ1) is 6.84. The van der Waals surface area contributed by atoms with Crippen LogP contribution < -0.4 is 11.5 Å². The van der Waals surface area contributed by atoms with E-state index in [1.165, 1.54) is 6.92 Å². The van der Waals surface area contributed by atoms with Crippen molar-refractivity contribution in [1.29, 1.82) is 0 Å². The summed E-state index contributed by atoms with van der Waals surface area (Å²) in [6.07, 6.45) is -1.25. The third-order valence-electron chi connectivity index (χ3n) is 1.65. The van der Waals surface area contributed by atoms with Gasteiger partial charge in [0.25, 0.3) is 0 Å². The molecule has 0 saturated carbocycles. The van der Waals surface area contributed by atoms with Crippen molar-refractivity contribution in [2.75, 3.05) is 0 Å². The molecule has 2 atom stereocenters. The summed E-state index contributed by atoms with van der Waals surface area (Å²) in [5, 5.41) is 8.44. The predicted octanol–water partition coefficient (Wildman–Crippen LogP) is -1.40. The first kappa shape index (κ1) is 13.4. The lowest BCUT2D eigenvalue weighted by Crippen LogP contribution is -2.37. The molecule has 0 saturated heterocycles. The van der Waals surface area contributed by atoms with Crippen LogP contribution in [0.1, 0.15) is 19.8 Å². The molecule has 0 aromatic heterocycles. The van der Waals surface area contributed by atoms with E-state index in [2.05, 4.69) is 4.74 Å². The summed E-state index contributed by atoms with van der Waals surface area (Å²) < 4.78 is 4.49. The minimum absolute atomic E-state index is 0.0422. The van der Waals surface area contributed by atoms with E-state index in [0.29, 0.717) is 0 Å². The predicted molar refractivity (Wildman–Crippen MR) is 49.6 cm³/mol. The third kappa shape index (κ3) is 5.63. The quantitative estimate of drug-likeness (QED) is 0.469. The first-order valence-corrected chi connectivity index (χ1v) is 4.31. The molecule has 0 fully saturated rings. The SMILES string of the molecule is C[C@H](OC(=O)C(N)CCC(N)=O)C(=O)O. The molecule has 0 aliphatic rings. The van der Waals surface area contributed by atoms with Gasteiger partial charge in [0.2, 0.25) is 5.91 Å². The van der Waals surface area contributed by atoms with Gasteiger partial charge in [-0.1, -0.05) is 0 Å². The zero-order valence-corrected chi connectivity index (χ0v) is 8.30. The Balaban J connectivity index is 3.99. The molecule has 0 aliphatic carbocycles. The van der Waals surface area contributed by atoms with E-state index < -0.39 is 30.0 Å². The van der Waals surface area contributed by atoms with E-state index >= 15 is 0 Å². The van der Waals surface area contributed by atoms with Gasteiger partial charge in [-0.15, -0.1) is 0 Å². The van der Waals surface area contributed by atoms with E-state index in [4.69, 9.17) is 16.6 Å². The van der Waals surface area contributed by atoms with Crippen molar-refractivity contribution >= 4 is 17.8 Å². The maximum Gasteiger partial charge on any atom is 0.344 e. The van der Waals surface area contributed by atoms with Gasteiger partial charge in [0.05, 0.1) is 0 Å². The smallest absolute Gasteiger partial charge is 0.344 e. The third-order valence-corrected chi connectivity index (χ3v) is 1.65. The number of carboxylic acids is 1. The molecular formula is C8H14N2O5. The molecule has 0 aliphatic heterocycles. The van der Waals surface area contributed by atoms with Crippen molar-refractivity contribution in [2.24, 2.45) is 11.5 Å². The molecule has 5 N–H and O–H groups in total. The van der Waals surface area contributed by atoms with Crippen LogP contribution in [0.4, 0.5) is 0 Å². The Morgan fingerprint density at radius 1 is 1.40 bits per heavy atom. The summed E-state index contributed by atoms with van der Waals surface area (Å²) in [7, 11) is 0. The molecule has 0 aromatic carbocycles. The lowest BCUT2D eigenvalue weighted by molar-refractivity contribution is -0.163. The van der Waals surface area contributed by atoms with Gasteiger partial charge >= 0.3 is 11.9 Å². The Kier molecular flexibility index (Phi) is 5.32. The summed E-state index contributed by atoms with van der Waals surface area (Å²) in [4.78, 5) is 31.8. The zero-order valence-electron chi connectivity index (χ0n) is 8.30. The molecule has 0 radical (unpaired) electrons. The van der Waals surface area contributed by atoms with Gasteiger partial charge in [-0.2, -0.15) is 0 Å². The Morgan fingerprint density at radius 2 is 1.93 bits per heavy atom. The van der Waals surface area contributed by atoms with Crippen LogP contribution in [0.15, 0.2) is 0 Å². The van der Waals surface area contributed by atoms with Crippen LogP contribution in [0.5, 0.6) is 0 Å². The Hall–Kier alpha value is -1.63. The number of carbonyl (C=O) groups excluding carboxylic acids is 2. The fourth-order valence-corrected chi connectivity index (χ4v) is 0.728. The van der Waals surface area contributed by atoms with E-state index in [9.17, 15) is 14.4 Å². The standard InChI is InChI=1S/C8H14N2O5/c1-4(7(12)13)15-8(14)5(9)2-3-6(10)11/h4-5H,2-3,9H2,1H3,(H2,10,11)(H,12,13)/t4-,5?/m0/s1. The Morgan fingerprint density at radius 3 is 2.33 bits per heavy atom. The number of carbonyl (C=O) groups is 3. The van der Waals surface area contributed by atoms with Crippen molar-refractivity contribution in [3.63, 3.8) is 0 Å². The van der Waals surface area contributed by atoms with Crippen LogP contribution in [0, 0.1) is 0 Å². The van der Waals surface area contributed by atoms with Gasteiger partial charge in [0, 0.05) is 6.42 Å². The number of aliphatic carboxylic acids is 1. The van der Waals surface area contributed by atoms with Gasteiger partial charge in [-0.3, -0.25) is 9.59 Å². The van der Waals surface area contributed by atoms with Crippen molar-refractivity contribution in [3.8, 4) is 0 Å². The van der Waals surface area contributed by atoms with Gasteiger partial charge in [-0.05, 0) is 13.3 Å². The average molecular weight is 218 g/mol. The Labute approximate surface area is 86.4 Å². The van der Waals surface area contributed by atoms with Gasteiger partial charge in [0.15, 0.2) is 6.10 Å². The summed E-state index contributed by atoms with van der Waals surface area (Å²) in [5.41, 5.74) is 10.2. The highest BCUT2D eigenvalue weighted by atomic mass is 16.6. The van der Waals surface area contributed by atoms with Crippen LogP contribution in [0.2, 0.25) is 0 Å². The van der Waals surface area contributed by atoms with Crippen LogP contribution in [-0.2, 0) is 19.1 Å². The Bertz CT molecular complexity index is 266. The number of ether oxygens (including phenoxy) is 1. The molecule has 0 heterocycles. The molecule has 7 heteroatoms. The maximum atomic E-state index is 11.1. The van der Waals surface area contributed by atoms with Gasteiger partial charge in [-0.25, -0.2) is 4.79 Å². The highest BCUT2D eigenvalue weighted by Crippen LogP contribution is 2.00. The fourth-order valence-electron chi connectivity index (χ4n) is 0.728. The van der Waals surface area contributed by atoms with E-state index in [-0.39, 0.29) is 12.8 Å². The highest BCUT2D eigenvalue weighted by molar-refractivity contribution is 5.81. The molecule has 15 heavy (non-hydrogen) atoms. The van der Waals surface area contributed by atoms with Crippen molar-refractivity contribution in [2.45, 2.75) is 31.9 Å². The van der Waals surface area contributed by atoms with E-state index in [1.54, 1.807) is 0 Å². The lowest BCUT2D eigenvalue weighted by Gasteiger charge is -2.13. The highest BCUT2D eigenvalue weighted by Gasteiger charge is 2.21. The molecule has 0 rings (SSSR count). The van der Waals surface area contributed by atoms with Crippen molar-refractivity contribution < 1.29 is 24.2 Å². The van der Waals surface area contributed by atoms with Gasteiger partial charge in [0.1, 0.15) is 6.04 Å².